The first-order valence-corrected chi connectivity index (χ1v) is 9.59. The van der Waals surface area contributed by atoms with Crippen molar-refractivity contribution in [3.05, 3.63) is 72.3 Å². The van der Waals surface area contributed by atoms with E-state index in [4.69, 9.17) is 0 Å². The Bertz CT molecular complexity index is 960. The number of hydrogen-bond donors (Lipinski definition) is 1. The molecule has 1 aliphatic rings. The monoisotopic (exact) mass is 373 g/mol. The Kier molecular flexibility index (Phi) is 5.28. The molecule has 0 spiro atoms. The standard InChI is InChI=1S/C22H23N5O/c1-23-21-20(25-12-13-26-21)16-7-6-8-17(15-16)22(28)27-14-5-3-10-19(27)18-9-2-4-11-24-18/h2,4,6-9,11-13,15,19H,3,5,10,14H2,1H3,(H,23,26)/t19-/m1/s1. The third-order valence-electron chi connectivity index (χ3n) is 5.11. The van der Waals surface area contributed by atoms with Gasteiger partial charge in [-0.2, -0.15) is 0 Å². The molecule has 28 heavy (non-hydrogen) atoms. The molecule has 1 N–H and O–H groups in total. The van der Waals surface area contributed by atoms with E-state index in [1.54, 1.807) is 18.6 Å². The molecular weight excluding hydrogens is 350 g/mol. The molecule has 1 saturated heterocycles. The van der Waals surface area contributed by atoms with Crippen LogP contribution in [0.2, 0.25) is 0 Å². The van der Waals surface area contributed by atoms with Crippen molar-refractivity contribution >= 4 is 11.7 Å². The molecule has 3 heterocycles. The van der Waals surface area contributed by atoms with Gasteiger partial charge >= 0.3 is 0 Å². The lowest BCUT2D eigenvalue weighted by Gasteiger charge is -2.35. The van der Waals surface area contributed by atoms with E-state index in [9.17, 15) is 4.79 Å². The minimum absolute atomic E-state index is 0.0236. The maximum Gasteiger partial charge on any atom is 0.254 e. The topological polar surface area (TPSA) is 71.0 Å². The molecule has 0 radical (unpaired) electrons. The van der Waals surface area contributed by atoms with E-state index in [-0.39, 0.29) is 11.9 Å². The largest absolute Gasteiger partial charge is 0.371 e. The van der Waals surface area contributed by atoms with Crippen LogP contribution in [0.5, 0.6) is 0 Å². The van der Waals surface area contributed by atoms with Gasteiger partial charge in [0.15, 0.2) is 5.82 Å². The van der Waals surface area contributed by atoms with Crippen LogP contribution in [0.1, 0.15) is 41.4 Å². The normalized spacial score (nSPS) is 16.6. The van der Waals surface area contributed by atoms with Crippen molar-refractivity contribution < 1.29 is 4.79 Å². The van der Waals surface area contributed by atoms with Gasteiger partial charge in [0, 0.05) is 43.3 Å². The van der Waals surface area contributed by atoms with Gasteiger partial charge in [0.1, 0.15) is 5.69 Å². The quantitative estimate of drug-likeness (QED) is 0.750. The highest BCUT2D eigenvalue weighted by Gasteiger charge is 2.29. The van der Waals surface area contributed by atoms with E-state index in [2.05, 4.69) is 20.3 Å². The Morgan fingerprint density at radius 1 is 1.04 bits per heavy atom. The summed E-state index contributed by atoms with van der Waals surface area (Å²) in [5, 5.41) is 3.06. The highest BCUT2D eigenvalue weighted by atomic mass is 16.2. The Hall–Kier alpha value is -3.28. The van der Waals surface area contributed by atoms with Gasteiger partial charge in [0.2, 0.25) is 0 Å². The molecule has 142 valence electrons. The zero-order valence-corrected chi connectivity index (χ0v) is 15.9. The molecule has 4 rings (SSSR count). The molecule has 1 amide bonds. The predicted octanol–water partition coefficient (Wildman–Crippen LogP) is 3.95. The average Bonchev–Trinajstić information content (AvgIpc) is 2.79. The SMILES string of the molecule is CNc1nccnc1-c1cccc(C(=O)N2CCCC[C@@H]2c2ccccn2)c1. The lowest BCUT2D eigenvalue weighted by Crippen LogP contribution is -2.38. The summed E-state index contributed by atoms with van der Waals surface area (Å²) < 4.78 is 0. The zero-order chi connectivity index (χ0) is 19.3. The summed E-state index contributed by atoms with van der Waals surface area (Å²) in [7, 11) is 1.81. The van der Waals surface area contributed by atoms with Crippen molar-refractivity contribution in [1.29, 1.82) is 0 Å². The Balaban J connectivity index is 1.66. The molecule has 1 aromatic carbocycles. The van der Waals surface area contributed by atoms with Gasteiger partial charge < -0.3 is 10.2 Å². The number of rotatable bonds is 4. The number of amides is 1. The van der Waals surface area contributed by atoms with Crippen LogP contribution in [0.15, 0.2) is 61.1 Å². The van der Waals surface area contributed by atoms with Gasteiger partial charge in [0.05, 0.1) is 11.7 Å². The number of hydrogen-bond acceptors (Lipinski definition) is 5. The summed E-state index contributed by atoms with van der Waals surface area (Å²) >= 11 is 0. The molecule has 1 atom stereocenters. The van der Waals surface area contributed by atoms with Crippen LogP contribution >= 0.6 is 0 Å². The van der Waals surface area contributed by atoms with Crippen LogP contribution in [0.4, 0.5) is 5.82 Å². The number of nitrogens with one attached hydrogen (secondary N) is 1. The van der Waals surface area contributed by atoms with Crippen molar-refractivity contribution in [2.45, 2.75) is 25.3 Å². The van der Waals surface area contributed by atoms with Crippen LogP contribution in [0, 0.1) is 0 Å². The Morgan fingerprint density at radius 2 is 1.93 bits per heavy atom. The second-order valence-electron chi connectivity index (χ2n) is 6.85. The van der Waals surface area contributed by atoms with Crippen LogP contribution in [0.25, 0.3) is 11.3 Å². The molecule has 2 aromatic heterocycles. The van der Waals surface area contributed by atoms with Crippen LogP contribution in [-0.4, -0.2) is 39.4 Å². The summed E-state index contributed by atoms with van der Waals surface area (Å²) in [4.78, 5) is 28.6. The molecule has 1 fully saturated rings. The molecule has 1 aliphatic heterocycles. The van der Waals surface area contributed by atoms with Crippen molar-refractivity contribution in [3.8, 4) is 11.3 Å². The van der Waals surface area contributed by atoms with Gasteiger partial charge in [-0.15, -0.1) is 0 Å². The van der Waals surface area contributed by atoms with Crippen molar-refractivity contribution in [2.75, 3.05) is 18.9 Å². The minimum atomic E-state index is 0.0236. The number of pyridine rings is 1. The van der Waals surface area contributed by atoms with E-state index in [1.165, 1.54) is 0 Å². The number of anilines is 1. The number of carbonyl (C=O) groups is 1. The number of aromatic nitrogens is 3. The molecular formula is C22H23N5O. The lowest BCUT2D eigenvalue weighted by atomic mass is 9.97. The maximum atomic E-state index is 13.4. The van der Waals surface area contributed by atoms with E-state index in [0.717, 1.165) is 42.8 Å². The fourth-order valence-electron chi connectivity index (χ4n) is 3.75. The molecule has 6 nitrogen and oxygen atoms in total. The summed E-state index contributed by atoms with van der Waals surface area (Å²) in [6.45, 7) is 0.747. The van der Waals surface area contributed by atoms with E-state index in [0.29, 0.717) is 11.4 Å². The third kappa shape index (κ3) is 3.58. The first-order chi connectivity index (χ1) is 13.8. The maximum absolute atomic E-state index is 13.4. The van der Waals surface area contributed by atoms with E-state index < -0.39 is 0 Å². The van der Waals surface area contributed by atoms with Gasteiger partial charge in [0.25, 0.3) is 5.91 Å². The van der Waals surface area contributed by atoms with Crippen molar-refractivity contribution in [1.82, 2.24) is 19.9 Å². The number of carbonyl (C=O) groups excluding carboxylic acids is 1. The summed E-state index contributed by atoms with van der Waals surface area (Å²) in [5.41, 5.74) is 3.22. The fraction of sp³-hybridized carbons (Fsp3) is 0.273. The molecule has 0 aliphatic carbocycles. The van der Waals surface area contributed by atoms with Crippen molar-refractivity contribution in [2.24, 2.45) is 0 Å². The number of likely N-dealkylation sites (tertiary alicyclic amines) is 1. The summed E-state index contributed by atoms with van der Waals surface area (Å²) in [5.74, 6) is 0.725. The third-order valence-corrected chi connectivity index (χ3v) is 5.11. The predicted molar refractivity (Wildman–Crippen MR) is 109 cm³/mol. The van der Waals surface area contributed by atoms with E-state index in [1.807, 2.05) is 54.4 Å². The van der Waals surface area contributed by atoms with Gasteiger partial charge in [-0.05, 0) is 43.5 Å². The average molecular weight is 373 g/mol. The molecule has 0 unspecified atom stereocenters. The lowest BCUT2D eigenvalue weighted by molar-refractivity contribution is 0.0606. The Labute approximate surface area is 164 Å². The van der Waals surface area contributed by atoms with Crippen LogP contribution in [-0.2, 0) is 0 Å². The van der Waals surface area contributed by atoms with Gasteiger partial charge in [-0.25, -0.2) is 4.98 Å². The number of piperidine rings is 1. The van der Waals surface area contributed by atoms with Crippen LogP contribution < -0.4 is 5.32 Å². The van der Waals surface area contributed by atoms with Crippen molar-refractivity contribution in [3.63, 3.8) is 0 Å². The number of benzene rings is 1. The first-order valence-electron chi connectivity index (χ1n) is 9.59. The highest BCUT2D eigenvalue weighted by molar-refractivity contribution is 5.96. The first kappa shape index (κ1) is 18.1. The minimum Gasteiger partial charge on any atom is -0.371 e. The molecule has 0 saturated carbocycles. The van der Waals surface area contributed by atoms with Crippen LogP contribution in [0.3, 0.4) is 0 Å². The van der Waals surface area contributed by atoms with E-state index >= 15 is 0 Å². The van der Waals surface area contributed by atoms with Gasteiger partial charge in [-0.1, -0.05) is 18.2 Å². The molecule has 6 heteroatoms. The summed E-state index contributed by atoms with van der Waals surface area (Å²) in [6.07, 6.45) is 8.16. The molecule has 3 aromatic rings. The second-order valence-corrected chi connectivity index (χ2v) is 6.85. The zero-order valence-electron chi connectivity index (χ0n) is 15.9. The highest BCUT2D eigenvalue weighted by Crippen LogP contribution is 2.32. The fourth-order valence-corrected chi connectivity index (χ4v) is 3.75. The number of nitrogens with zero attached hydrogens (tertiary/aromatic N) is 4. The smallest absolute Gasteiger partial charge is 0.254 e. The molecule has 0 bridgehead atoms. The Morgan fingerprint density at radius 3 is 2.75 bits per heavy atom. The second kappa shape index (κ2) is 8.17. The van der Waals surface area contributed by atoms with Gasteiger partial charge in [-0.3, -0.25) is 14.8 Å². The summed E-state index contributed by atoms with van der Waals surface area (Å²) in [6, 6.07) is 13.5.